The Morgan fingerprint density at radius 3 is 2.67 bits per heavy atom. The molecule has 0 aromatic heterocycles. The topological polar surface area (TPSA) is 52.3 Å². The predicted molar refractivity (Wildman–Crippen MR) is 61.5 cm³/mol. The Balaban J connectivity index is 3.02. The van der Waals surface area contributed by atoms with Gasteiger partial charge in [-0.25, -0.2) is 0 Å². The van der Waals surface area contributed by atoms with Gasteiger partial charge in [0.05, 0.1) is 12.0 Å². The van der Waals surface area contributed by atoms with Crippen molar-refractivity contribution < 1.29 is 22.7 Å². The number of nitrogens with two attached hydrogens (primary N) is 1. The van der Waals surface area contributed by atoms with Crippen molar-refractivity contribution >= 4 is 21.8 Å². The number of alkyl halides is 3. The third kappa shape index (κ3) is 5.10. The van der Waals surface area contributed by atoms with Crippen molar-refractivity contribution in [3.63, 3.8) is 0 Å². The molecule has 0 saturated heterocycles. The lowest BCUT2D eigenvalue weighted by Gasteiger charge is -2.10. The van der Waals surface area contributed by atoms with E-state index in [1.807, 2.05) is 0 Å². The molecule has 1 amide bonds. The summed E-state index contributed by atoms with van der Waals surface area (Å²) in [7, 11) is 0. The summed E-state index contributed by atoms with van der Waals surface area (Å²) in [6.45, 7) is 0. The molecule has 0 heterocycles. The van der Waals surface area contributed by atoms with Crippen LogP contribution >= 0.6 is 15.9 Å². The smallest absolute Gasteiger partial charge is 0.404 e. The number of carbonyl (C=O) groups excluding carboxylic acids is 1. The molecule has 0 fully saturated rings. The fraction of sp³-hybridized carbons (Fsp3) is 0.182. The zero-order valence-corrected chi connectivity index (χ0v) is 10.4. The fourth-order valence-electron chi connectivity index (χ4n) is 1.04. The molecule has 1 aromatic rings. The van der Waals surface area contributed by atoms with E-state index >= 15 is 0 Å². The van der Waals surface area contributed by atoms with Gasteiger partial charge in [0.2, 0.25) is 5.91 Å². The SMILES string of the molecule is NC(=O)CC#Cc1ccc(Br)cc1OC(F)(F)F. The van der Waals surface area contributed by atoms with Gasteiger partial charge in [0.25, 0.3) is 0 Å². The van der Waals surface area contributed by atoms with Gasteiger partial charge in [0.1, 0.15) is 5.75 Å². The van der Waals surface area contributed by atoms with Crippen molar-refractivity contribution in [2.45, 2.75) is 12.8 Å². The molecule has 0 saturated carbocycles. The van der Waals surface area contributed by atoms with E-state index in [1.165, 1.54) is 12.1 Å². The lowest BCUT2D eigenvalue weighted by atomic mass is 10.2. The standard InChI is InChI=1S/C11H7BrF3NO2/c12-8-5-4-7(2-1-3-10(16)17)9(6-8)18-11(13,14)15/h4-6H,3H2,(H2,16,17). The molecule has 0 unspecified atom stereocenters. The van der Waals surface area contributed by atoms with Crippen LogP contribution in [0.4, 0.5) is 13.2 Å². The van der Waals surface area contributed by atoms with E-state index in [9.17, 15) is 18.0 Å². The first-order chi connectivity index (χ1) is 8.28. The second-order valence-corrected chi connectivity index (χ2v) is 4.05. The van der Waals surface area contributed by atoms with E-state index in [4.69, 9.17) is 5.73 Å². The molecule has 3 nitrogen and oxygen atoms in total. The average Bonchev–Trinajstić information content (AvgIpc) is 2.18. The zero-order chi connectivity index (χ0) is 13.8. The van der Waals surface area contributed by atoms with Crippen LogP contribution in [0.5, 0.6) is 5.75 Å². The summed E-state index contributed by atoms with van der Waals surface area (Å²) in [4.78, 5) is 10.5. The number of carbonyl (C=O) groups is 1. The minimum absolute atomic E-state index is 0.0248. The largest absolute Gasteiger partial charge is 0.573 e. The summed E-state index contributed by atoms with van der Waals surface area (Å²) in [5, 5.41) is 0. The Morgan fingerprint density at radius 2 is 2.11 bits per heavy atom. The molecule has 1 rings (SSSR count). The van der Waals surface area contributed by atoms with Crippen LogP contribution in [0.15, 0.2) is 22.7 Å². The highest BCUT2D eigenvalue weighted by atomic mass is 79.9. The molecule has 0 atom stereocenters. The molecule has 2 N–H and O–H groups in total. The van der Waals surface area contributed by atoms with Gasteiger partial charge in [-0.1, -0.05) is 27.8 Å². The molecule has 0 spiro atoms. The van der Waals surface area contributed by atoms with Gasteiger partial charge >= 0.3 is 6.36 Å². The molecule has 1 aromatic carbocycles. The van der Waals surface area contributed by atoms with Crippen LogP contribution in [0.25, 0.3) is 0 Å². The van der Waals surface area contributed by atoms with Crippen LogP contribution in [-0.4, -0.2) is 12.3 Å². The van der Waals surface area contributed by atoms with Crippen molar-refractivity contribution in [3.05, 3.63) is 28.2 Å². The maximum Gasteiger partial charge on any atom is 0.573 e. The van der Waals surface area contributed by atoms with Crippen LogP contribution in [-0.2, 0) is 4.79 Å². The number of primary amides is 1. The Kier molecular flexibility index (Phi) is 4.62. The van der Waals surface area contributed by atoms with Gasteiger partial charge in [-0.3, -0.25) is 4.79 Å². The number of rotatable bonds is 2. The number of amides is 1. The van der Waals surface area contributed by atoms with Crippen LogP contribution < -0.4 is 10.5 Å². The van der Waals surface area contributed by atoms with Crippen LogP contribution in [0, 0.1) is 11.8 Å². The van der Waals surface area contributed by atoms with Crippen molar-refractivity contribution in [2.75, 3.05) is 0 Å². The lowest BCUT2D eigenvalue weighted by Crippen LogP contribution is -2.17. The highest BCUT2D eigenvalue weighted by Gasteiger charge is 2.32. The molecule has 7 heteroatoms. The van der Waals surface area contributed by atoms with Crippen LogP contribution in [0.1, 0.15) is 12.0 Å². The molecular weight excluding hydrogens is 315 g/mol. The Morgan fingerprint density at radius 1 is 1.44 bits per heavy atom. The van der Waals surface area contributed by atoms with E-state index in [0.717, 1.165) is 6.07 Å². The Labute approximate surface area is 109 Å². The molecule has 96 valence electrons. The summed E-state index contributed by atoms with van der Waals surface area (Å²) < 4.78 is 40.7. The summed E-state index contributed by atoms with van der Waals surface area (Å²) in [6, 6.07) is 4.00. The second-order valence-electron chi connectivity index (χ2n) is 3.13. The third-order valence-corrected chi connectivity index (χ3v) is 2.15. The molecule has 0 aliphatic heterocycles. The summed E-state index contributed by atoms with van der Waals surface area (Å²) in [5.41, 5.74) is 4.89. The van der Waals surface area contributed by atoms with Crippen molar-refractivity contribution in [2.24, 2.45) is 5.73 Å². The van der Waals surface area contributed by atoms with Gasteiger partial charge in [-0.05, 0) is 18.2 Å². The summed E-state index contributed by atoms with van der Waals surface area (Å²) >= 11 is 3.03. The molecule has 0 bridgehead atoms. The van der Waals surface area contributed by atoms with Gasteiger partial charge in [0.15, 0.2) is 0 Å². The molecule has 0 radical (unpaired) electrons. The monoisotopic (exact) mass is 321 g/mol. The van der Waals surface area contributed by atoms with E-state index < -0.39 is 18.0 Å². The first-order valence-electron chi connectivity index (χ1n) is 4.60. The first kappa shape index (κ1) is 14.4. The van der Waals surface area contributed by atoms with Gasteiger partial charge < -0.3 is 10.5 Å². The highest BCUT2D eigenvalue weighted by molar-refractivity contribution is 9.10. The Bertz CT molecular complexity index is 517. The van der Waals surface area contributed by atoms with Crippen molar-refractivity contribution in [1.29, 1.82) is 0 Å². The van der Waals surface area contributed by atoms with Crippen LogP contribution in [0.3, 0.4) is 0 Å². The summed E-state index contributed by atoms with van der Waals surface area (Å²) in [6.07, 6.45) is -5.04. The van der Waals surface area contributed by atoms with E-state index in [0.29, 0.717) is 4.47 Å². The van der Waals surface area contributed by atoms with E-state index in [1.54, 1.807) is 0 Å². The van der Waals surface area contributed by atoms with E-state index in [-0.39, 0.29) is 12.0 Å². The molecular formula is C11H7BrF3NO2. The number of halogens is 4. The van der Waals surface area contributed by atoms with Gasteiger partial charge in [0, 0.05) is 4.47 Å². The quantitative estimate of drug-likeness (QED) is 0.851. The third-order valence-electron chi connectivity index (χ3n) is 1.66. The minimum Gasteiger partial charge on any atom is -0.404 e. The normalized spacial score (nSPS) is 10.4. The number of hydrogen-bond acceptors (Lipinski definition) is 2. The Hall–Kier alpha value is -1.68. The van der Waals surface area contributed by atoms with Crippen molar-refractivity contribution in [3.8, 4) is 17.6 Å². The minimum atomic E-state index is -4.80. The zero-order valence-electron chi connectivity index (χ0n) is 8.84. The molecule has 0 aliphatic carbocycles. The predicted octanol–water partition coefficient (Wildman–Crippen LogP) is 2.57. The highest BCUT2D eigenvalue weighted by Crippen LogP contribution is 2.28. The maximum absolute atomic E-state index is 12.1. The van der Waals surface area contributed by atoms with Gasteiger partial charge in [-0.2, -0.15) is 0 Å². The number of hydrogen-bond donors (Lipinski definition) is 1. The lowest BCUT2D eigenvalue weighted by molar-refractivity contribution is -0.274. The second kappa shape index (κ2) is 5.78. The van der Waals surface area contributed by atoms with Crippen LogP contribution in [0.2, 0.25) is 0 Å². The number of ether oxygens (including phenoxy) is 1. The summed E-state index contributed by atoms with van der Waals surface area (Å²) in [5.74, 6) is 3.67. The number of benzene rings is 1. The van der Waals surface area contributed by atoms with Crippen molar-refractivity contribution in [1.82, 2.24) is 0 Å². The first-order valence-corrected chi connectivity index (χ1v) is 5.40. The average molecular weight is 322 g/mol. The van der Waals surface area contributed by atoms with Gasteiger partial charge in [-0.15, -0.1) is 13.2 Å². The molecule has 0 aliphatic rings. The maximum atomic E-state index is 12.1. The fourth-order valence-corrected chi connectivity index (χ4v) is 1.38. The van der Waals surface area contributed by atoms with E-state index in [2.05, 4.69) is 32.5 Å². The molecule has 18 heavy (non-hydrogen) atoms.